The molecule has 0 radical (unpaired) electrons. The lowest BCUT2D eigenvalue weighted by Gasteiger charge is -2.41. The van der Waals surface area contributed by atoms with E-state index in [0.717, 1.165) is 44.8 Å². The van der Waals surface area contributed by atoms with E-state index in [1.165, 1.54) is 64.7 Å². The number of hydrogen-bond donors (Lipinski definition) is 1. The van der Waals surface area contributed by atoms with Gasteiger partial charge < -0.3 is 20.0 Å². The second-order valence-corrected chi connectivity index (χ2v) is 8.09. The van der Waals surface area contributed by atoms with Crippen LogP contribution in [0.5, 0.6) is 0 Å². The van der Waals surface area contributed by atoms with Crippen molar-refractivity contribution in [1.29, 1.82) is 10.5 Å². The highest BCUT2D eigenvalue weighted by Crippen LogP contribution is 2.23. The van der Waals surface area contributed by atoms with Crippen molar-refractivity contribution in [3.63, 3.8) is 0 Å². The monoisotopic (exact) mass is 370 g/mol. The van der Waals surface area contributed by atoms with E-state index in [-0.39, 0.29) is 5.57 Å². The molecule has 0 atom stereocenters. The maximum atomic E-state index is 9.42. The molecule has 0 amide bonds. The lowest BCUT2D eigenvalue weighted by atomic mass is 9.99. The summed E-state index contributed by atoms with van der Waals surface area (Å²) in [5, 5.41) is 22.3. The van der Waals surface area contributed by atoms with E-state index < -0.39 is 0 Å². The lowest BCUT2D eigenvalue weighted by Crippen LogP contribution is -2.48. The fourth-order valence-corrected chi connectivity index (χ4v) is 4.74. The van der Waals surface area contributed by atoms with Crippen LogP contribution in [0.1, 0.15) is 51.4 Å². The normalized spacial score (nSPS) is 22.7. The molecule has 27 heavy (non-hydrogen) atoms. The highest BCUT2D eigenvalue weighted by Gasteiger charge is 2.27. The molecule has 0 saturated carbocycles. The van der Waals surface area contributed by atoms with Crippen molar-refractivity contribution < 1.29 is 0 Å². The fourth-order valence-electron chi connectivity index (χ4n) is 4.74. The Bertz CT molecular complexity index is 550. The van der Waals surface area contributed by atoms with Gasteiger partial charge in [0.15, 0.2) is 5.57 Å². The molecule has 6 heteroatoms. The number of nitriles is 2. The van der Waals surface area contributed by atoms with Crippen molar-refractivity contribution in [2.75, 3.05) is 52.4 Å². The number of piperidine rings is 3. The maximum absolute atomic E-state index is 9.42. The van der Waals surface area contributed by atoms with Gasteiger partial charge in [-0.05, 0) is 64.7 Å². The van der Waals surface area contributed by atoms with Gasteiger partial charge in [0.25, 0.3) is 0 Å². The van der Waals surface area contributed by atoms with Crippen LogP contribution in [-0.2, 0) is 0 Å². The van der Waals surface area contributed by atoms with Gasteiger partial charge in [0.2, 0.25) is 0 Å². The standard InChI is InChI=1S/C21H34N6/c22-17-19(18-23)21(24-9-16-25-10-3-1-4-11-25)27-14-7-20(8-15-27)26-12-5-2-6-13-26/h20,24H,1-16H2. The smallest absolute Gasteiger partial charge is 0.169 e. The van der Waals surface area contributed by atoms with Gasteiger partial charge in [-0.2, -0.15) is 10.5 Å². The number of hydrogen-bond acceptors (Lipinski definition) is 6. The zero-order chi connectivity index (χ0) is 18.9. The third-order valence-electron chi connectivity index (χ3n) is 6.32. The molecule has 0 aromatic rings. The topological polar surface area (TPSA) is 69.3 Å². The van der Waals surface area contributed by atoms with Crippen LogP contribution in [-0.4, -0.2) is 73.1 Å². The number of nitrogens with one attached hydrogen (secondary N) is 1. The molecule has 6 nitrogen and oxygen atoms in total. The summed E-state index contributed by atoms with van der Waals surface area (Å²) in [4.78, 5) is 7.37. The third-order valence-corrected chi connectivity index (χ3v) is 6.32. The van der Waals surface area contributed by atoms with Crippen molar-refractivity contribution >= 4 is 0 Å². The maximum Gasteiger partial charge on any atom is 0.169 e. The van der Waals surface area contributed by atoms with Crippen LogP contribution >= 0.6 is 0 Å². The quantitative estimate of drug-likeness (QED) is 0.724. The fraction of sp³-hybridized carbons (Fsp3) is 0.810. The summed E-state index contributed by atoms with van der Waals surface area (Å²) < 4.78 is 0. The minimum atomic E-state index is 0.227. The zero-order valence-corrected chi connectivity index (χ0v) is 16.6. The molecule has 0 unspecified atom stereocenters. The van der Waals surface area contributed by atoms with Gasteiger partial charge >= 0.3 is 0 Å². The molecule has 0 aliphatic carbocycles. The first-order valence-corrected chi connectivity index (χ1v) is 10.8. The Morgan fingerprint density at radius 2 is 1.41 bits per heavy atom. The van der Waals surface area contributed by atoms with Gasteiger partial charge in [0.05, 0.1) is 0 Å². The van der Waals surface area contributed by atoms with E-state index in [4.69, 9.17) is 0 Å². The summed E-state index contributed by atoms with van der Waals surface area (Å²) in [5.74, 6) is 0.758. The minimum Gasteiger partial charge on any atom is -0.369 e. The van der Waals surface area contributed by atoms with E-state index in [2.05, 4.69) is 32.2 Å². The van der Waals surface area contributed by atoms with E-state index in [1.807, 2.05) is 0 Å². The predicted molar refractivity (Wildman–Crippen MR) is 107 cm³/mol. The van der Waals surface area contributed by atoms with E-state index in [9.17, 15) is 10.5 Å². The van der Waals surface area contributed by atoms with Crippen LogP contribution in [0.25, 0.3) is 0 Å². The molecule has 0 aromatic carbocycles. The van der Waals surface area contributed by atoms with Crippen molar-refractivity contribution in [3.8, 4) is 12.1 Å². The summed E-state index contributed by atoms with van der Waals surface area (Å²) >= 11 is 0. The van der Waals surface area contributed by atoms with Gasteiger partial charge in [0, 0.05) is 32.2 Å². The third kappa shape index (κ3) is 5.61. The average Bonchev–Trinajstić information content (AvgIpc) is 2.75. The first kappa shape index (κ1) is 20.0. The highest BCUT2D eigenvalue weighted by atomic mass is 15.3. The number of allylic oxidation sites excluding steroid dienone is 1. The second kappa shape index (κ2) is 10.5. The predicted octanol–water partition coefficient (Wildman–Crippen LogP) is 2.27. The molecule has 3 aliphatic heterocycles. The molecule has 0 spiro atoms. The Kier molecular flexibility index (Phi) is 7.80. The molecule has 0 aromatic heterocycles. The Labute approximate surface area is 164 Å². The van der Waals surface area contributed by atoms with Gasteiger partial charge in [0.1, 0.15) is 18.0 Å². The molecule has 3 fully saturated rings. The minimum absolute atomic E-state index is 0.227. The van der Waals surface area contributed by atoms with Crippen LogP contribution in [0, 0.1) is 22.7 Å². The van der Waals surface area contributed by atoms with Crippen LogP contribution < -0.4 is 5.32 Å². The van der Waals surface area contributed by atoms with Crippen LogP contribution in [0.3, 0.4) is 0 Å². The highest BCUT2D eigenvalue weighted by molar-refractivity contribution is 5.39. The van der Waals surface area contributed by atoms with Crippen molar-refractivity contribution in [1.82, 2.24) is 20.0 Å². The van der Waals surface area contributed by atoms with Gasteiger partial charge in [-0.3, -0.25) is 0 Å². The van der Waals surface area contributed by atoms with E-state index >= 15 is 0 Å². The van der Waals surface area contributed by atoms with E-state index in [0.29, 0.717) is 6.04 Å². The van der Waals surface area contributed by atoms with Gasteiger partial charge in [-0.1, -0.05) is 12.8 Å². The Balaban J connectivity index is 1.53. The molecule has 3 aliphatic rings. The summed E-state index contributed by atoms with van der Waals surface area (Å²) in [6.07, 6.45) is 10.2. The molecule has 148 valence electrons. The van der Waals surface area contributed by atoms with Crippen LogP contribution in [0.15, 0.2) is 11.4 Å². The molecule has 0 bridgehead atoms. The van der Waals surface area contributed by atoms with Crippen LogP contribution in [0.4, 0.5) is 0 Å². The van der Waals surface area contributed by atoms with Gasteiger partial charge in [-0.15, -0.1) is 0 Å². The largest absolute Gasteiger partial charge is 0.369 e. The molecular weight excluding hydrogens is 336 g/mol. The first-order valence-electron chi connectivity index (χ1n) is 10.8. The SMILES string of the molecule is N#CC(C#N)=C(NCCN1CCCCC1)N1CCC(N2CCCCC2)CC1. The summed E-state index contributed by atoms with van der Waals surface area (Å²) in [5.41, 5.74) is 0.227. The van der Waals surface area contributed by atoms with Crippen molar-refractivity contribution in [2.45, 2.75) is 57.4 Å². The van der Waals surface area contributed by atoms with Crippen molar-refractivity contribution in [2.24, 2.45) is 0 Å². The summed E-state index contributed by atoms with van der Waals surface area (Å²) in [6.45, 7) is 8.47. The van der Waals surface area contributed by atoms with Gasteiger partial charge in [-0.25, -0.2) is 0 Å². The van der Waals surface area contributed by atoms with Crippen LogP contribution in [0.2, 0.25) is 0 Å². The Hall–Kier alpha value is -1.76. The second-order valence-electron chi connectivity index (χ2n) is 8.09. The lowest BCUT2D eigenvalue weighted by molar-refractivity contribution is 0.102. The Morgan fingerprint density at radius 3 is 2.00 bits per heavy atom. The summed E-state index contributed by atoms with van der Waals surface area (Å²) in [6, 6.07) is 4.88. The van der Waals surface area contributed by atoms with Crippen molar-refractivity contribution in [3.05, 3.63) is 11.4 Å². The number of rotatable bonds is 6. The molecule has 1 N–H and O–H groups in total. The number of nitrogens with zero attached hydrogens (tertiary/aromatic N) is 5. The molecular formula is C21H34N6. The zero-order valence-electron chi connectivity index (χ0n) is 16.6. The number of likely N-dealkylation sites (tertiary alicyclic amines) is 3. The summed E-state index contributed by atoms with van der Waals surface area (Å²) in [7, 11) is 0. The van der Waals surface area contributed by atoms with E-state index in [1.54, 1.807) is 0 Å². The molecule has 3 heterocycles. The average molecular weight is 371 g/mol. The molecule has 3 rings (SSSR count). The molecule has 3 saturated heterocycles. The first-order chi connectivity index (χ1) is 13.3. The Morgan fingerprint density at radius 1 is 0.815 bits per heavy atom.